The van der Waals surface area contributed by atoms with Gasteiger partial charge in [0.15, 0.2) is 0 Å². The van der Waals surface area contributed by atoms with Gasteiger partial charge in [-0.2, -0.15) is 0 Å². The summed E-state index contributed by atoms with van der Waals surface area (Å²) in [6.07, 6.45) is 18.6. The van der Waals surface area contributed by atoms with Gasteiger partial charge in [-0.05, 0) is 44.4 Å². The van der Waals surface area contributed by atoms with Gasteiger partial charge in [0.05, 0.1) is 11.8 Å². The summed E-state index contributed by atoms with van der Waals surface area (Å²) in [6.45, 7) is 6.76. The molecule has 3 atom stereocenters. The third-order valence-electron chi connectivity index (χ3n) is 6.58. The molecule has 1 N–H and O–H groups in total. The molecule has 0 bridgehead atoms. The van der Waals surface area contributed by atoms with Crippen LogP contribution in [0.1, 0.15) is 130 Å². The summed E-state index contributed by atoms with van der Waals surface area (Å²) >= 11 is 0. The largest absolute Gasteiger partial charge is 0.481 e. The third kappa shape index (κ3) is 12.6. The predicted octanol–water partition coefficient (Wildman–Crippen LogP) is 7.54. The highest BCUT2D eigenvalue weighted by Crippen LogP contribution is 2.31. The topological polar surface area (TPSA) is 63.6 Å². The van der Waals surface area contributed by atoms with E-state index in [1.54, 1.807) is 0 Å². The molecule has 1 saturated carbocycles. The van der Waals surface area contributed by atoms with Crippen LogP contribution >= 0.6 is 0 Å². The number of carboxylic acid groups (broad SMARTS) is 1. The molecule has 1 rings (SSSR count). The first-order valence-electron chi connectivity index (χ1n) is 12.9. The summed E-state index contributed by atoms with van der Waals surface area (Å²) in [5, 5.41) is 9.25. The van der Waals surface area contributed by atoms with E-state index in [1.165, 1.54) is 51.4 Å². The first-order valence-corrected chi connectivity index (χ1v) is 12.9. The van der Waals surface area contributed by atoms with Crippen molar-refractivity contribution in [2.24, 2.45) is 17.8 Å². The van der Waals surface area contributed by atoms with E-state index < -0.39 is 5.97 Å². The molecular formula is C26H48O4. The molecule has 0 spiro atoms. The maximum Gasteiger partial charge on any atom is 0.309 e. The Hall–Kier alpha value is -1.06. The van der Waals surface area contributed by atoms with Crippen molar-refractivity contribution in [3.05, 3.63) is 0 Å². The van der Waals surface area contributed by atoms with Crippen LogP contribution in [-0.2, 0) is 14.3 Å². The lowest BCUT2D eigenvalue weighted by Gasteiger charge is -2.27. The molecule has 0 radical (unpaired) electrons. The van der Waals surface area contributed by atoms with E-state index in [1.807, 2.05) is 0 Å². The molecule has 0 aliphatic heterocycles. The highest BCUT2D eigenvalue weighted by molar-refractivity contribution is 5.75. The van der Waals surface area contributed by atoms with Gasteiger partial charge in [0.1, 0.15) is 6.10 Å². The molecule has 0 amide bonds. The molecule has 1 aliphatic rings. The van der Waals surface area contributed by atoms with Gasteiger partial charge in [0.25, 0.3) is 0 Å². The smallest absolute Gasteiger partial charge is 0.309 e. The average molecular weight is 425 g/mol. The molecule has 3 unspecified atom stereocenters. The van der Waals surface area contributed by atoms with Gasteiger partial charge in [-0.15, -0.1) is 0 Å². The molecule has 0 aromatic heterocycles. The number of carboxylic acids is 1. The number of unbranched alkanes of at least 4 members (excludes halogenated alkanes) is 8. The van der Waals surface area contributed by atoms with Crippen LogP contribution in [0.5, 0.6) is 0 Å². The van der Waals surface area contributed by atoms with Crippen LogP contribution in [0.2, 0.25) is 0 Å². The molecule has 176 valence electrons. The summed E-state index contributed by atoms with van der Waals surface area (Å²) in [7, 11) is 0. The Labute approximate surface area is 185 Å². The van der Waals surface area contributed by atoms with Crippen molar-refractivity contribution in [1.82, 2.24) is 0 Å². The summed E-state index contributed by atoms with van der Waals surface area (Å²) in [4.78, 5) is 23.9. The maximum absolute atomic E-state index is 12.6. The fraction of sp³-hybridized carbons (Fsp3) is 0.923. The number of hydrogen-bond acceptors (Lipinski definition) is 3. The Balaban J connectivity index is 2.21. The van der Waals surface area contributed by atoms with Crippen LogP contribution in [-0.4, -0.2) is 23.1 Å². The second kappa shape index (κ2) is 16.6. The highest BCUT2D eigenvalue weighted by atomic mass is 16.5. The van der Waals surface area contributed by atoms with Crippen molar-refractivity contribution >= 4 is 11.9 Å². The van der Waals surface area contributed by atoms with E-state index in [0.717, 1.165) is 50.9 Å². The number of ether oxygens (including phenoxy) is 1. The lowest BCUT2D eigenvalue weighted by atomic mass is 9.81. The van der Waals surface area contributed by atoms with Gasteiger partial charge in [0.2, 0.25) is 0 Å². The fourth-order valence-corrected chi connectivity index (χ4v) is 4.57. The fourth-order valence-electron chi connectivity index (χ4n) is 4.57. The second-order valence-electron chi connectivity index (χ2n) is 9.90. The van der Waals surface area contributed by atoms with E-state index in [0.29, 0.717) is 12.8 Å². The lowest BCUT2D eigenvalue weighted by molar-refractivity contribution is -0.158. The first-order chi connectivity index (χ1) is 14.4. The number of rotatable bonds is 17. The lowest BCUT2D eigenvalue weighted by Crippen LogP contribution is -2.31. The van der Waals surface area contributed by atoms with Crippen molar-refractivity contribution in [3.8, 4) is 0 Å². The molecular weight excluding hydrogens is 376 g/mol. The molecule has 1 fully saturated rings. The minimum Gasteiger partial charge on any atom is -0.481 e. The monoisotopic (exact) mass is 424 g/mol. The molecule has 0 saturated heterocycles. The van der Waals surface area contributed by atoms with E-state index >= 15 is 0 Å². The minimum atomic E-state index is -0.769. The molecule has 4 heteroatoms. The zero-order valence-corrected chi connectivity index (χ0v) is 20.0. The Bertz CT molecular complexity index is 460. The molecule has 1 aliphatic carbocycles. The van der Waals surface area contributed by atoms with Gasteiger partial charge in [-0.1, -0.05) is 91.4 Å². The van der Waals surface area contributed by atoms with E-state index in [9.17, 15) is 14.7 Å². The Kier molecular flexibility index (Phi) is 14.9. The molecule has 4 nitrogen and oxygen atoms in total. The second-order valence-corrected chi connectivity index (χ2v) is 9.90. The first kappa shape index (κ1) is 27.0. The van der Waals surface area contributed by atoms with Gasteiger partial charge in [-0.3, -0.25) is 9.59 Å². The predicted molar refractivity (Wildman–Crippen MR) is 123 cm³/mol. The maximum atomic E-state index is 12.6. The zero-order chi connectivity index (χ0) is 22.2. The SMILES string of the molecule is CCCCC(CCCCCCCCCCC(C)C)OC(=O)C1CCCC(C(=O)O)C1. The molecule has 0 aromatic carbocycles. The van der Waals surface area contributed by atoms with Gasteiger partial charge in [-0.25, -0.2) is 0 Å². The van der Waals surface area contributed by atoms with Crippen LogP contribution < -0.4 is 0 Å². The minimum absolute atomic E-state index is 0.0127. The normalized spacial score (nSPS) is 20.3. The van der Waals surface area contributed by atoms with Crippen LogP contribution in [0.3, 0.4) is 0 Å². The highest BCUT2D eigenvalue weighted by Gasteiger charge is 2.32. The Morgan fingerprint density at radius 1 is 0.833 bits per heavy atom. The van der Waals surface area contributed by atoms with Crippen molar-refractivity contribution in [1.29, 1.82) is 0 Å². The van der Waals surface area contributed by atoms with Crippen molar-refractivity contribution in [2.45, 2.75) is 136 Å². The van der Waals surface area contributed by atoms with Crippen molar-refractivity contribution in [3.63, 3.8) is 0 Å². The Morgan fingerprint density at radius 3 is 1.93 bits per heavy atom. The summed E-state index contributed by atoms with van der Waals surface area (Å²) in [5.41, 5.74) is 0. The number of aliphatic carboxylic acids is 1. The van der Waals surface area contributed by atoms with Gasteiger partial charge < -0.3 is 9.84 Å². The number of carbonyl (C=O) groups excluding carboxylic acids is 1. The summed E-state index contributed by atoms with van der Waals surface area (Å²) in [5.74, 6) is -0.690. The van der Waals surface area contributed by atoms with Crippen molar-refractivity contribution in [2.75, 3.05) is 0 Å². The molecule has 0 heterocycles. The van der Waals surface area contributed by atoms with Gasteiger partial charge >= 0.3 is 11.9 Å². The van der Waals surface area contributed by atoms with Crippen molar-refractivity contribution < 1.29 is 19.4 Å². The average Bonchev–Trinajstić information content (AvgIpc) is 2.72. The molecule has 30 heavy (non-hydrogen) atoms. The van der Waals surface area contributed by atoms with Crippen LogP contribution in [0.4, 0.5) is 0 Å². The van der Waals surface area contributed by atoms with Crippen LogP contribution in [0.15, 0.2) is 0 Å². The summed E-state index contributed by atoms with van der Waals surface area (Å²) in [6, 6.07) is 0. The third-order valence-corrected chi connectivity index (χ3v) is 6.58. The van der Waals surface area contributed by atoms with E-state index in [-0.39, 0.29) is 23.9 Å². The van der Waals surface area contributed by atoms with Crippen LogP contribution in [0.25, 0.3) is 0 Å². The molecule has 0 aromatic rings. The zero-order valence-electron chi connectivity index (χ0n) is 20.0. The Morgan fingerprint density at radius 2 is 1.37 bits per heavy atom. The van der Waals surface area contributed by atoms with E-state index in [2.05, 4.69) is 20.8 Å². The summed E-state index contributed by atoms with van der Waals surface area (Å²) < 4.78 is 5.88. The number of carbonyl (C=O) groups is 2. The van der Waals surface area contributed by atoms with E-state index in [4.69, 9.17) is 4.74 Å². The number of hydrogen-bond donors (Lipinski definition) is 1. The standard InChI is InChI=1S/C26H48O4/c1-4-5-18-24(19-13-11-9-7-6-8-10-12-15-21(2)3)30-26(29)23-17-14-16-22(20-23)25(27)28/h21-24H,4-20H2,1-3H3,(H,27,28). The van der Waals surface area contributed by atoms with Crippen LogP contribution in [0, 0.1) is 17.8 Å². The van der Waals surface area contributed by atoms with Gasteiger partial charge in [0, 0.05) is 0 Å². The number of esters is 1. The quantitative estimate of drug-likeness (QED) is 0.193.